The molecule has 1 aliphatic rings. The van der Waals surface area contributed by atoms with Gasteiger partial charge in [0.15, 0.2) is 0 Å². The molecule has 0 aromatic heterocycles. The molecule has 0 heterocycles. The van der Waals surface area contributed by atoms with Gasteiger partial charge in [0.25, 0.3) is 0 Å². The summed E-state index contributed by atoms with van der Waals surface area (Å²) in [5, 5.41) is 0. The van der Waals surface area contributed by atoms with E-state index in [0.29, 0.717) is 5.69 Å². The molecule has 0 aliphatic heterocycles. The van der Waals surface area contributed by atoms with E-state index in [4.69, 9.17) is 11.5 Å². The van der Waals surface area contributed by atoms with Gasteiger partial charge in [-0.3, -0.25) is 0 Å². The number of halogens is 1. The van der Waals surface area contributed by atoms with Crippen molar-refractivity contribution < 1.29 is 4.39 Å². The summed E-state index contributed by atoms with van der Waals surface area (Å²) < 4.78 is 12.9. The van der Waals surface area contributed by atoms with E-state index in [1.807, 2.05) is 0 Å². The second kappa shape index (κ2) is 2.45. The third-order valence-electron chi connectivity index (χ3n) is 2.39. The number of nitrogens with two attached hydrogens (primary N) is 2. The molecule has 0 saturated carbocycles. The maximum Gasteiger partial charge on any atom is 0.125 e. The normalized spacial score (nSPS) is 21.0. The summed E-state index contributed by atoms with van der Waals surface area (Å²) >= 11 is 0. The van der Waals surface area contributed by atoms with E-state index in [1.165, 1.54) is 12.1 Å². The lowest BCUT2D eigenvalue weighted by Crippen LogP contribution is -2.06. The molecule has 1 atom stereocenters. The first-order valence-electron chi connectivity index (χ1n) is 4.02. The monoisotopic (exact) mass is 166 g/mol. The Bertz CT molecular complexity index is 323. The molecule has 0 bridgehead atoms. The fourth-order valence-corrected chi connectivity index (χ4v) is 1.75. The molecule has 4 N–H and O–H groups in total. The van der Waals surface area contributed by atoms with Crippen LogP contribution in [0.3, 0.4) is 0 Å². The summed E-state index contributed by atoms with van der Waals surface area (Å²) in [5.41, 5.74) is 13.9. The van der Waals surface area contributed by atoms with Crippen LogP contribution in [0.15, 0.2) is 12.1 Å². The number of rotatable bonds is 0. The van der Waals surface area contributed by atoms with E-state index < -0.39 is 0 Å². The van der Waals surface area contributed by atoms with Crippen molar-refractivity contribution in [1.29, 1.82) is 0 Å². The Morgan fingerprint density at radius 2 is 2.17 bits per heavy atom. The lowest BCUT2D eigenvalue weighted by Gasteiger charge is -2.06. The fourth-order valence-electron chi connectivity index (χ4n) is 1.75. The van der Waals surface area contributed by atoms with Crippen molar-refractivity contribution in [2.45, 2.75) is 18.9 Å². The van der Waals surface area contributed by atoms with Crippen LogP contribution in [0.4, 0.5) is 10.1 Å². The van der Waals surface area contributed by atoms with Gasteiger partial charge in [-0.05, 0) is 36.1 Å². The number of benzene rings is 1. The number of hydrogen-bond acceptors (Lipinski definition) is 2. The molecule has 0 radical (unpaired) electrons. The van der Waals surface area contributed by atoms with Gasteiger partial charge in [-0.1, -0.05) is 0 Å². The molecule has 0 saturated heterocycles. The summed E-state index contributed by atoms with van der Waals surface area (Å²) in [7, 11) is 0. The molecule has 0 spiro atoms. The zero-order valence-electron chi connectivity index (χ0n) is 6.68. The van der Waals surface area contributed by atoms with Crippen molar-refractivity contribution in [3.63, 3.8) is 0 Å². The van der Waals surface area contributed by atoms with Gasteiger partial charge in [0.05, 0.1) is 0 Å². The second-order valence-electron chi connectivity index (χ2n) is 3.21. The zero-order valence-corrected chi connectivity index (χ0v) is 6.68. The van der Waals surface area contributed by atoms with Gasteiger partial charge in [-0.15, -0.1) is 0 Å². The highest BCUT2D eigenvalue weighted by molar-refractivity contribution is 5.54. The average molecular weight is 166 g/mol. The maximum absolute atomic E-state index is 12.9. The molecular formula is C9H11FN2. The molecule has 12 heavy (non-hydrogen) atoms. The fraction of sp³-hybridized carbons (Fsp3) is 0.333. The molecule has 2 rings (SSSR count). The zero-order chi connectivity index (χ0) is 8.72. The summed E-state index contributed by atoms with van der Waals surface area (Å²) in [6.07, 6.45) is 1.76. The Balaban J connectivity index is 2.60. The van der Waals surface area contributed by atoms with Gasteiger partial charge in [-0.25, -0.2) is 4.39 Å². The highest BCUT2D eigenvalue weighted by Gasteiger charge is 2.21. The van der Waals surface area contributed by atoms with E-state index in [9.17, 15) is 4.39 Å². The largest absolute Gasteiger partial charge is 0.398 e. The molecule has 0 fully saturated rings. The molecule has 1 aromatic rings. The Labute approximate surface area is 70.4 Å². The summed E-state index contributed by atoms with van der Waals surface area (Å²) in [4.78, 5) is 0. The predicted octanol–water partition coefficient (Wildman–Crippen LogP) is 1.35. The third kappa shape index (κ3) is 0.975. The Morgan fingerprint density at radius 1 is 1.42 bits per heavy atom. The minimum Gasteiger partial charge on any atom is -0.398 e. The van der Waals surface area contributed by atoms with Crippen LogP contribution in [0, 0.1) is 5.82 Å². The van der Waals surface area contributed by atoms with Crippen molar-refractivity contribution in [1.82, 2.24) is 0 Å². The van der Waals surface area contributed by atoms with Crippen molar-refractivity contribution >= 4 is 5.69 Å². The van der Waals surface area contributed by atoms with Crippen LogP contribution in [0.5, 0.6) is 0 Å². The van der Waals surface area contributed by atoms with E-state index >= 15 is 0 Å². The highest BCUT2D eigenvalue weighted by atomic mass is 19.1. The van der Waals surface area contributed by atoms with Crippen LogP contribution in [0.1, 0.15) is 23.6 Å². The number of hydrogen-bond donors (Lipinski definition) is 2. The van der Waals surface area contributed by atoms with Gasteiger partial charge >= 0.3 is 0 Å². The molecular weight excluding hydrogens is 155 g/mol. The molecule has 1 aliphatic carbocycles. The molecule has 3 heteroatoms. The quantitative estimate of drug-likeness (QED) is 0.571. The minimum absolute atomic E-state index is 0.0296. The van der Waals surface area contributed by atoms with E-state index in [0.717, 1.165) is 24.0 Å². The minimum atomic E-state index is -0.288. The van der Waals surface area contributed by atoms with Crippen molar-refractivity contribution in [2.75, 3.05) is 5.73 Å². The molecule has 1 aromatic carbocycles. The Hall–Kier alpha value is -1.09. The Kier molecular flexibility index (Phi) is 1.54. The molecule has 64 valence electrons. The summed E-state index contributed by atoms with van der Waals surface area (Å²) in [5.74, 6) is -0.288. The summed E-state index contributed by atoms with van der Waals surface area (Å²) in [6, 6.07) is 2.82. The molecule has 0 amide bonds. The summed E-state index contributed by atoms with van der Waals surface area (Å²) in [6.45, 7) is 0. The van der Waals surface area contributed by atoms with Crippen LogP contribution < -0.4 is 11.5 Å². The van der Waals surface area contributed by atoms with Gasteiger partial charge in [0.2, 0.25) is 0 Å². The number of nitrogen functional groups attached to an aromatic ring is 1. The third-order valence-corrected chi connectivity index (χ3v) is 2.39. The number of anilines is 1. The molecule has 1 unspecified atom stereocenters. The maximum atomic E-state index is 12.9. The standard InChI is InChI=1S/C9H11FN2/c10-5-3-7-6(9(12)4-5)1-2-8(7)11/h3-4,8H,1-2,11-12H2. The smallest absolute Gasteiger partial charge is 0.125 e. The van der Waals surface area contributed by atoms with Crippen LogP contribution in [0.2, 0.25) is 0 Å². The molecule has 2 nitrogen and oxygen atoms in total. The highest BCUT2D eigenvalue weighted by Crippen LogP contribution is 2.33. The first-order valence-corrected chi connectivity index (χ1v) is 4.02. The van der Waals surface area contributed by atoms with Crippen LogP contribution in [-0.2, 0) is 6.42 Å². The SMILES string of the molecule is Nc1cc(F)cc2c1CCC2N. The van der Waals surface area contributed by atoms with Gasteiger partial charge in [0.1, 0.15) is 5.82 Å². The number of fused-ring (bicyclic) bond motifs is 1. The van der Waals surface area contributed by atoms with Crippen molar-refractivity contribution in [3.05, 3.63) is 29.1 Å². The van der Waals surface area contributed by atoms with Crippen LogP contribution in [0.25, 0.3) is 0 Å². The topological polar surface area (TPSA) is 52.0 Å². The van der Waals surface area contributed by atoms with Crippen LogP contribution in [-0.4, -0.2) is 0 Å². The van der Waals surface area contributed by atoms with Crippen LogP contribution >= 0.6 is 0 Å². The average Bonchev–Trinajstić information content (AvgIpc) is 2.33. The predicted molar refractivity (Wildman–Crippen MR) is 46.1 cm³/mol. The van der Waals surface area contributed by atoms with Crippen molar-refractivity contribution in [2.24, 2.45) is 5.73 Å². The first kappa shape index (κ1) is 7.55. The van der Waals surface area contributed by atoms with E-state index in [-0.39, 0.29) is 11.9 Å². The Morgan fingerprint density at radius 3 is 2.92 bits per heavy atom. The van der Waals surface area contributed by atoms with Gasteiger partial charge < -0.3 is 11.5 Å². The van der Waals surface area contributed by atoms with Gasteiger partial charge in [-0.2, -0.15) is 0 Å². The van der Waals surface area contributed by atoms with Gasteiger partial charge in [0, 0.05) is 11.7 Å². The lowest BCUT2D eigenvalue weighted by molar-refractivity contribution is 0.622. The first-order chi connectivity index (χ1) is 5.68. The van der Waals surface area contributed by atoms with Crippen molar-refractivity contribution in [3.8, 4) is 0 Å². The lowest BCUT2D eigenvalue weighted by atomic mass is 10.1. The second-order valence-corrected chi connectivity index (χ2v) is 3.21. The van der Waals surface area contributed by atoms with E-state index in [2.05, 4.69) is 0 Å². The van der Waals surface area contributed by atoms with E-state index in [1.54, 1.807) is 0 Å².